The molecule has 0 spiro atoms. The summed E-state index contributed by atoms with van der Waals surface area (Å²) >= 11 is 0. The largest absolute Gasteiger partial charge is 0.298 e. The maximum atomic E-state index is 12.3. The van der Waals surface area contributed by atoms with Gasteiger partial charge >= 0.3 is 0 Å². The van der Waals surface area contributed by atoms with E-state index >= 15 is 0 Å². The maximum Gasteiger partial charge on any atom is 0.263 e. The first-order valence-corrected chi connectivity index (χ1v) is 6.47. The number of benzene rings is 1. The Morgan fingerprint density at radius 1 is 1.32 bits per heavy atom. The molecule has 1 aromatic rings. The highest BCUT2D eigenvalue weighted by molar-refractivity contribution is 6.27. The lowest BCUT2D eigenvalue weighted by Gasteiger charge is -2.14. The van der Waals surface area contributed by atoms with Crippen LogP contribution in [0.2, 0.25) is 0 Å². The number of Topliss-reactive ketones (excluding diaryl/α,β-unsaturated/α-hetero) is 1. The van der Waals surface area contributed by atoms with Crippen molar-refractivity contribution < 1.29 is 9.59 Å². The first kappa shape index (κ1) is 13.5. The average molecular weight is 258 g/mol. The first-order chi connectivity index (χ1) is 9.00. The van der Waals surface area contributed by atoms with Crippen LogP contribution < -0.4 is 5.01 Å². The maximum absolute atomic E-state index is 12.3. The molecule has 0 N–H and O–H groups in total. The summed E-state index contributed by atoms with van der Waals surface area (Å²) in [5.74, 6) is -0.740. The van der Waals surface area contributed by atoms with Crippen LogP contribution in [-0.4, -0.2) is 17.4 Å². The molecular formula is C15H18N2O2. The summed E-state index contributed by atoms with van der Waals surface area (Å²) in [6.07, 6.45) is 0.409. The summed E-state index contributed by atoms with van der Waals surface area (Å²) in [4.78, 5) is 24.5. The Kier molecular flexibility index (Phi) is 3.79. The van der Waals surface area contributed by atoms with E-state index in [4.69, 9.17) is 0 Å². The van der Waals surface area contributed by atoms with Gasteiger partial charge < -0.3 is 0 Å². The van der Waals surface area contributed by atoms with Gasteiger partial charge in [-0.25, -0.2) is 0 Å². The van der Waals surface area contributed by atoms with E-state index in [9.17, 15) is 9.59 Å². The van der Waals surface area contributed by atoms with Crippen molar-refractivity contribution in [2.45, 2.75) is 27.2 Å². The van der Waals surface area contributed by atoms with E-state index in [0.29, 0.717) is 17.8 Å². The van der Waals surface area contributed by atoms with Crippen molar-refractivity contribution in [1.82, 2.24) is 0 Å². The molecule has 0 saturated carbocycles. The normalized spacial score (nSPS) is 18.9. The van der Waals surface area contributed by atoms with Crippen molar-refractivity contribution in [2.24, 2.45) is 16.9 Å². The SMILES string of the molecule is CC1=NN(c2ccccc2)C(=O)C1C(=O)CC(C)C. The highest BCUT2D eigenvalue weighted by Crippen LogP contribution is 2.25. The van der Waals surface area contributed by atoms with Crippen LogP contribution in [0, 0.1) is 11.8 Å². The molecule has 0 radical (unpaired) electrons. The van der Waals surface area contributed by atoms with Gasteiger partial charge in [0.15, 0.2) is 5.78 Å². The van der Waals surface area contributed by atoms with Crippen LogP contribution in [0.1, 0.15) is 27.2 Å². The lowest BCUT2D eigenvalue weighted by Crippen LogP contribution is -2.33. The second-order valence-corrected chi connectivity index (χ2v) is 5.22. The number of hydrazone groups is 1. The predicted octanol–water partition coefficient (Wildman–Crippen LogP) is 2.64. The Balaban J connectivity index is 2.22. The number of anilines is 1. The van der Waals surface area contributed by atoms with Gasteiger partial charge in [0.25, 0.3) is 5.91 Å². The molecule has 4 heteroatoms. The van der Waals surface area contributed by atoms with E-state index in [1.165, 1.54) is 5.01 Å². The molecule has 19 heavy (non-hydrogen) atoms. The highest BCUT2D eigenvalue weighted by Gasteiger charge is 2.39. The number of carbonyl (C=O) groups excluding carboxylic acids is 2. The lowest BCUT2D eigenvalue weighted by molar-refractivity contribution is -0.129. The lowest BCUT2D eigenvalue weighted by atomic mass is 9.93. The second-order valence-electron chi connectivity index (χ2n) is 5.22. The standard InChI is InChI=1S/C15H18N2O2/c1-10(2)9-13(18)14-11(3)16-17(15(14)19)12-7-5-4-6-8-12/h4-8,10,14H,9H2,1-3H3. The quantitative estimate of drug-likeness (QED) is 0.779. The van der Waals surface area contributed by atoms with Crippen LogP contribution in [0.5, 0.6) is 0 Å². The van der Waals surface area contributed by atoms with Gasteiger partial charge in [0.05, 0.1) is 11.4 Å². The van der Waals surface area contributed by atoms with E-state index in [-0.39, 0.29) is 17.6 Å². The number of rotatable bonds is 4. The summed E-state index contributed by atoms with van der Waals surface area (Å²) < 4.78 is 0. The molecule has 1 heterocycles. The third-order valence-electron chi connectivity index (χ3n) is 3.06. The average Bonchev–Trinajstić information content (AvgIpc) is 2.65. The van der Waals surface area contributed by atoms with E-state index in [1.807, 2.05) is 44.2 Å². The zero-order valence-electron chi connectivity index (χ0n) is 11.5. The van der Waals surface area contributed by atoms with Crippen molar-refractivity contribution in [1.29, 1.82) is 0 Å². The monoisotopic (exact) mass is 258 g/mol. The van der Waals surface area contributed by atoms with Gasteiger partial charge in [0.2, 0.25) is 0 Å². The molecule has 2 rings (SSSR count). The number of hydrogen-bond acceptors (Lipinski definition) is 3. The highest BCUT2D eigenvalue weighted by atomic mass is 16.2. The molecule has 0 aliphatic carbocycles. The minimum Gasteiger partial charge on any atom is -0.298 e. The van der Waals surface area contributed by atoms with Crippen LogP contribution >= 0.6 is 0 Å². The van der Waals surface area contributed by atoms with Gasteiger partial charge in [-0.3, -0.25) is 9.59 Å². The van der Waals surface area contributed by atoms with E-state index in [2.05, 4.69) is 5.10 Å². The number of ketones is 1. The van der Waals surface area contributed by atoms with Crippen molar-refractivity contribution in [3.05, 3.63) is 30.3 Å². The van der Waals surface area contributed by atoms with Gasteiger partial charge in [0.1, 0.15) is 5.92 Å². The summed E-state index contributed by atoms with van der Waals surface area (Å²) in [5.41, 5.74) is 1.28. The topological polar surface area (TPSA) is 49.7 Å². The number of para-hydroxylation sites is 1. The molecule has 0 aromatic heterocycles. The predicted molar refractivity (Wildman–Crippen MR) is 75.0 cm³/mol. The summed E-state index contributed by atoms with van der Waals surface area (Å²) in [6, 6.07) is 9.18. The van der Waals surface area contributed by atoms with Crippen LogP contribution in [-0.2, 0) is 9.59 Å². The molecule has 1 unspecified atom stereocenters. The van der Waals surface area contributed by atoms with Crippen LogP contribution in [0.25, 0.3) is 0 Å². The molecule has 1 aromatic carbocycles. The molecule has 1 atom stereocenters. The molecule has 0 fully saturated rings. The molecule has 1 aliphatic heterocycles. The third kappa shape index (κ3) is 2.72. The smallest absolute Gasteiger partial charge is 0.263 e. The van der Waals surface area contributed by atoms with E-state index in [1.54, 1.807) is 6.92 Å². The Bertz CT molecular complexity index is 520. The van der Waals surface area contributed by atoms with Gasteiger partial charge in [-0.2, -0.15) is 10.1 Å². The molecule has 0 saturated heterocycles. The number of hydrogen-bond donors (Lipinski definition) is 0. The Morgan fingerprint density at radius 2 is 1.95 bits per heavy atom. The second kappa shape index (κ2) is 5.34. The Labute approximate surface area is 113 Å². The van der Waals surface area contributed by atoms with Crippen LogP contribution in [0.15, 0.2) is 35.4 Å². The molecule has 1 amide bonds. The molecule has 100 valence electrons. The summed E-state index contributed by atoms with van der Waals surface area (Å²) in [6.45, 7) is 5.68. The zero-order chi connectivity index (χ0) is 14.0. The number of nitrogens with zero attached hydrogens (tertiary/aromatic N) is 2. The van der Waals surface area contributed by atoms with E-state index < -0.39 is 5.92 Å². The van der Waals surface area contributed by atoms with Crippen molar-refractivity contribution in [2.75, 3.05) is 5.01 Å². The zero-order valence-corrected chi connectivity index (χ0v) is 11.5. The van der Waals surface area contributed by atoms with Crippen LogP contribution in [0.4, 0.5) is 5.69 Å². The number of carbonyl (C=O) groups is 2. The van der Waals surface area contributed by atoms with Gasteiger partial charge in [-0.15, -0.1) is 0 Å². The molecule has 0 bridgehead atoms. The van der Waals surface area contributed by atoms with Gasteiger partial charge in [-0.05, 0) is 25.0 Å². The Morgan fingerprint density at radius 3 is 2.53 bits per heavy atom. The van der Waals surface area contributed by atoms with Crippen molar-refractivity contribution >= 4 is 23.1 Å². The fourth-order valence-corrected chi connectivity index (χ4v) is 2.21. The molecular weight excluding hydrogens is 240 g/mol. The summed E-state index contributed by atoms with van der Waals surface area (Å²) in [5, 5.41) is 5.56. The molecule has 4 nitrogen and oxygen atoms in total. The molecule has 1 aliphatic rings. The first-order valence-electron chi connectivity index (χ1n) is 6.47. The fraction of sp³-hybridized carbons (Fsp3) is 0.400. The minimum absolute atomic E-state index is 0.0420. The number of amides is 1. The van der Waals surface area contributed by atoms with Crippen molar-refractivity contribution in [3.8, 4) is 0 Å². The minimum atomic E-state index is -0.706. The fourth-order valence-electron chi connectivity index (χ4n) is 2.21. The third-order valence-corrected chi connectivity index (χ3v) is 3.06. The summed E-state index contributed by atoms with van der Waals surface area (Å²) in [7, 11) is 0. The Hall–Kier alpha value is -1.97. The van der Waals surface area contributed by atoms with Gasteiger partial charge in [-0.1, -0.05) is 32.0 Å². The van der Waals surface area contributed by atoms with Crippen LogP contribution in [0.3, 0.4) is 0 Å². The van der Waals surface area contributed by atoms with E-state index in [0.717, 1.165) is 0 Å². The van der Waals surface area contributed by atoms with Gasteiger partial charge in [0, 0.05) is 6.42 Å². The van der Waals surface area contributed by atoms with Crippen molar-refractivity contribution in [3.63, 3.8) is 0 Å².